The Morgan fingerprint density at radius 2 is 2.31 bits per heavy atom. The highest BCUT2D eigenvalue weighted by atomic mass is 32.1. The summed E-state index contributed by atoms with van der Waals surface area (Å²) in [6.45, 7) is 1.89. The molecule has 1 aliphatic heterocycles. The molecule has 0 saturated carbocycles. The number of nitrogens with zero attached hydrogens (tertiary/aromatic N) is 6. The topological polar surface area (TPSA) is 82.7 Å². The van der Waals surface area contributed by atoms with E-state index in [2.05, 4.69) is 38.5 Å². The second kappa shape index (κ2) is 7.23. The van der Waals surface area contributed by atoms with E-state index in [9.17, 15) is 0 Å². The average Bonchev–Trinajstić information content (AvgIpc) is 3.37. The minimum atomic E-state index is 0.296. The highest BCUT2D eigenvalue weighted by Crippen LogP contribution is 2.32. The molecule has 3 aromatic heterocycles. The zero-order chi connectivity index (χ0) is 17.9. The van der Waals surface area contributed by atoms with Crippen LogP contribution in [-0.4, -0.2) is 31.2 Å². The SMILES string of the molecule is Cn1ccc(CN2CCC[C@@H]2c2cccc(Nc3ncc(C#N)s3)n2)n1. The maximum absolute atomic E-state index is 8.92. The van der Waals surface area contributed by atoms with Crippen molar-refractivity contribution >= 4 is 22.3 Å². The Kier molecular flexibility index (Phi) is 4.65. The number of anilines is 2. The summed E-state index contributed by atoms with van der Waals surface area (Å²) < 4.78 is 1.84. The van der Waals surface area contributed by atoms with Crippen LogP contribution in [0.3, 0.4) is 0 Å². The van der Waals surface area contributed by atoms with Crippen molar-refractivity contribution in [2.75, 3.05) is 11.9 Å². The van der Waals surface area contributed by atoms with Crippen molar-refractivity contribution in [2.45, 2.75) is 25.4 Å². The van der Waals surface area contributed by atoms with E-state index >= 15 is 0 Å². The van der Waals surface area contributed by atoms with Crippen LogP contribution in [0.5, 0.6) is 0 Å². The maximum atomic E-state index is 8.92. The van der Waals surface area contributed by atoms with Crippen molar-refractivity contribution in [1.82, 2.24) is 24.6 Å². The number of hydrogen-bond donors (Lipinski definition) is 1. The number of pyridine rings is 1. The molecule has 0 aliphatic carbocycles. The van der Waals surface area contributed by atoms with E-state index < -0.39 is 0 Å². The van der Waals surface area contributed by atoms with Crippen molar-refractivity contribution in [3.63, 3.8) is 0 Å². The fourth-order valence-electron chi connectivity index (χ4n) is 3.31. The number of rotatable bonds is 5. The van der Waals surface area contributed by atoms with E-state index in [4.69, 9.17) is 10.2 Å². The van der Waals surface area contributed by atoms with Crippen molar-refractivity contribution in [3.8, 4) is 6.07 Å². The lowest BCUT2D eigenvalue weighted by atomic mass is 10.1. The second-order valence-corrected chi connectivity index (χ2v) is 7.35. The fraction of sp³-hybridized carbons (Fsp3) is 0.333. The van der Waals surface area contributed by atoms with E-state index in [0.29, 0.717) is 16.1 Å². The Labute approximate surface area is 155 Å². The molecule has 1 N–H and O–H groups in total. The highest BCUT2D eigenvalue weighted by Gasteiger charge is 2.27. The van der Waals surface area contributed by atoms with Crippen LogP contribution >= 0.6 is 11.3 Å². The largest absolute Gasteiger partial charge is 0.316 e. The zero-order valence-corrected chi connectivity index (χ0v) is 15.3. The summed E-state index contributed by atoms with van der Waals surface area (Å²) in [5.41, 5.74) is 2.14. The van der Waals surface area contributed by atoms with Gasteiger partial charge in [-0.2, -0.15) is 10.4 Å². The summed E-state index contributed by atoms with van der Waals surface area (Å²) in [7, 11) is 1.94. The Balaban J connectivity index is 1.50. The molecule has 4 heterocycles. The molecule has 132 valence electrons. The van der Waals surface area contributed by atoms with Gasteiger partial charge in [-0.15, -0.1) is 0 Å². The van der Waals surface area contributed by atoms with Crippen LogP contribution in [0.25, 0.3) is 0 Å². The van der Waals surface area contributed by atoms with Crippen LogP contribution < -0.4 is 5.32 Å². The Morgan fingerprint density at radius 3 is 3.08 bits per heavy atom. The van der Waals surface area contributed by atoms with Crippen molar-refractivity contribution in [2.24, 2.45) is 7.05 Å². The van der Waals surface area contributed by atoms with Gasteiger partial charge in [-0.1, -0.05) is 17.4 Å². The molecule has 1 atom stereocenters. The number of hydrogen-bond acceptors (Lipinski definition) is 7. The second-order valence-electron chi connectivity index (χ2n) is 6.32. The van der Waals surface area contributed by atoms with E-state index in [0.717, 1.165) is 43.1 Å². The van der Waals surface area contributed by atoms with Gasteiger partial charge < -0.3 is 5.32 Å². The number of nitriles is 1. The molecule has 8 heteroatoms. The summed E-state index contributed by atoms with van der Waals surface area (Å²) in [6.07, 6.45) is 5.81. The van der Waals surface area contributed by atoms with Crippen LogP contribution in [0.4, 0.5) is 10.9 Å². The first-order valence-electron chi connectivity index (χ1n) is 8.54. The van der Waals surface area contributed by atoms with Gasteiger partial charge in [-0.05, 0) is 37.6 Å². The quantitative estimate of drug-likeness (QED) is 0.747. The number of nitrogens with one attached hydrogen (secondary N) is 1. The van der Waals surface area contributed by atoms with Crippen molar-refractivity contribution < 1.29 is 0 Å². The maximum Gasteiger partial charge on any atom is 0.189 e. The summed E-state index contributed by atoms with van der Waals surface area (Å²) in [4.78, 5) is 12.0. The number of aryl methyl sites for hydroxylation is 1. The normalized spacial score (nSPS) is 17.3. The Morgan fingerprint density at radius 1 is 1.38 bits per heavy atom. The lowest BCUT2D eigenvalue weighted by Gasteiger charge is -2.23. The van der Waals surface area contributed by atoms with Crippen LogP contribution in [0.15, 0.2) is 36.7 Å². The molecule has 4 rings (SSSR count). The molecule has 3 aromatic rings. The molecule has 1 saturated heterocycles. The third-order valence-corrected chi connectivity index (χ3v) is 5.28. The third-order valence-electron chi connectivity index (χ3n) is 4.46. The van der Waals surface area contributed by atoms with Crippen molar-refractivity contribution in [3.05, 3.63) is 52.9 Å². The van der Waals surface area contributed by atoms with E-state index in [1.165, 1.54) is 11.3 Å². The molecular formula is C18H19N7S. The minimum absolute atomic E-state index is 0.296. The van der Waals surface area contributed by atoms with Crippen LogP contribution in [-0.2, 0) is 13.6 Å². The molecule has 1 fully saturated rings. The zero-order valence-electron chi connectivity index (χ0n) is 14.5. The smallest absolute Gasteiger partial charge is 0.189 e. The highest BCUT2D eigenvalue weighted by molar-refractivity contribution is 7.16. The number of aromatic nitrogens is 4. The first-order valence-corrected chi connectivity index (χ1v) is 9.35. The fourth-order valence-corrected chi connectivity index (χ4v) is 3.93. The molecule has 0 radical (unpaired) electrons. The van der Waals surface area contributed by atoms with Gasteiger partial charge in [0, 0.05) is 19.8 Å². The molecule has 26 heavy (non-hydrogen) atoms. The van der Waals surface area contributed by atoms with Gasteiger partial charge in [0.25, 0.3) is 0 Å². The molecule has 0 unspecified atom stereocenters. The van der Waals surface area contributed by atoms with Gasteiger partial charge >= 0.3 is 0 Å². The molecule has 0 aromatic carbocycles. The molecule has 0 spiro atoms. The van der Waals surface area contributed by atoms with Gasteiger partial charge in [-0.3, -0.25) is 9.58 Å². The first kappa shape index (κ1) is 16.7. The monoisotopic (exact) mass is 365 g/mol. The van der Waals surface area contributed by atoms with E-state index in [1.54, 1.807) is 6.20 Å². The van der Waals surface area contributed by atoms with Gasteiger partial charge in [0.05, 0.1) is 23.6 Å². The average molecular weight is 365 g/mol. The number of thiazole rings is 1. The third kappa shape index (κ3) is 3.59. The summed E-state index contributed by atoms with van der Waals surface area (Å²) >= 11 is 1.33. The predicted molar refractivity (Wildman–Crippen MR) is 99.9 cm³/mol. The Hall–Kier alpha value is -2.76. The van der Waals surface area contributed by atoms with Crippen molar-refractivity contribution in [1.29, 1.82) is 5.26 Å². The van der Waals surface area contributed by atoms with Gasteiger partial charge in [-0.25, -0.2) is 9.97 Å². The van der Waals surface area contributed by atoms with Gasteiger partial charge in [0.1, 0.15) is 16.8 Å². The first-order chi connectivity index (χ1) is 12.7. The predicted octanol–water partition coefficient (Wildman–Crippen LogP) is 3.22. The molecule has 1 aliphatic rings. The Bertz CT molecular complexity index is 939. The van der Waals surface area contributed by atoms with Crippen LogP contribution in [0, 0.1) is 11.3 Å². The molecule has 0 amide bonds. The summed E-state index contributed by atoms with van der Waals surface area (Å²) in [5.74, 6) is 0.756. The lowest BCUT2D eigenvalue weighted by Crippen LogP contribution is -2.24. The minimum Gasteiger partial charge on any atom is -0.316 e. The molecular weight excluding hydrogens is 346 g/mol. The van der Waals surface area contributed by atoms with Crippen LogP contribution in [0.1, 0.15) is 35.1 Å². The summed E-state index contributed by atoms with van der Waals surface area (Å²) in [6, 6.07) is 10.5. The molecule has 0 bridgehead atoms. The molecule has 7 nitrogen and oxygen atoms in total. The summed E-state index contributed by atoms with van der Waals surface area (Å²) in [5, 5.41) is 17.3. The van der Waals surface area contributed by atoms with E-state index in [-0.39, 0.29) is 0 Å². The van der Waals surface area contributed by atoms with Gasteiger partial charge in [0.15, 0.2) is 5.13 Å². The number of likely N-dealkylation sites (tertiary alicyclic amines) is 1. The van der Waals surface area contributed by atoms with Crippen LogP contribution in [0.2, 0.25) is 0 Å². The standard InChI is InChI=1S/C18H19N7S/c1-24-9-7-13(23-24)12-25-8-3-5-16(25)15-4-2-6-17(21-15)22-18-20-11-14(10-19)26-18/h2,4,6-7,9,11,16H,3,5,8,12H2,1H3,(H,20,21,22)/t16-/m1/s1. The van der Waals surface area contributed by atoms with E-state index in [1.807, 2.05) is 30.1 Å². The lowest BCUT2D eigenvalue weighted by molar-refractivity contribution is 0.241. The van der Waals surface area contributed by atoms with Gasteiger partial charge in [0.2, 0.25) is 0 Å².